The number of nitrogens with two attached hydrogens (primary N) is 1. The van der Waals surface area contributed by atoms with Crippen molar-refractivity contribution in [3.05, 3.63) is 34.5 Å². The molecule has 3 heteroatoms. The summed E-state index contributed by atoms with van der Waals surface area (Å²) >= 11 is 1.70. The maximum atomic E-state index is 5.36. The molecular formula is C9H13NOS. The summed E-state index contributed by atoms with van der Waals surface area (Å²) in [6, 6.07) is 4.07. The van der Waals surface area contributed by atoms with Crippen molar-refractivity contribution in [3.8, 4) is 0 Å². The van der Waals surface area contributed by atoms with Crippen LogP contribution in [0.25, 0.3) is 0 Å². The van der Waals surface area contributed by atoms with Gasteiger partial charge in [-0.3, -0.25) is 0 Å². The molecule has 1 aromatic rings. The van der Waals surface area contributed by atoms with Gasteiger partial charge in [0.1, 0.15) is 0 Å². The van der Waals surface area contributed by atoms with E-state index in [1.807, 2.05) is 11.4 Å². The van der Waals surface area contributed by atoms with Gasteiger partial charge in [0.15, 0.2) is 0 Å². The maximum absolute atomic E-state index is 5.36. The zero-order chi connectivity index (χ0) is 8.81. The normalized spacial score (nSPS) is 10.1. The minimum Gasteiger partial charge on any atom is -0.372 e. The van der Waals surface area contributed by atoms with Crippen LogP contribution in [0.4, 0.5) is 0 Å². The van der Waals surface area contributed by atoms with Crippen LogP contribution in [-0.4, -0.2) is 13.2 Å². The van der Waals surface area contributed by atoms with Crippen LogP contribution in [0.3, 0.4) is 0 Å². The number of hydrogen-bond donors (Lipinski definition) is 1. The van der Waals surface area contributed by atoms with Crippen molar-refractivity contribution in [2.75, 3.05) is 13.2 Å². The Morgan fingerprint density at radius 2 is 2.50 bits per heavy atom. The lowest BCUT2D eigenvalue weighted by Gasteiger charge is -2.02. The van der Waals surface area contributed by atoms with E-state index in [2.05, 4.69) is 12.6 Å². The van der Waals surface area contributed by atoms with E-state index in [0.717, 1.165) is 5.57 Å². The number of ether oxygens (including phenoxy) is 1. The van der Waals surface area contributed by atoms with Crippen LogP contribution in [-0.2, 0) is 11.3 Å². The van der Waals surface area contributed by atoms with Gasteiger partial charge in [-0.1, -0.05) is 12.6 Å². The van der Waals surface area contributed by atoms with Gasteiger partial charge in [0, 0.05) is 11.4 Å². The van der Waals surface area contributed by atoms with Crippen molar-refractivity contribution in [3.63, 3.8) is 0 Å². The topological polar surface area (TPSA) is 35.2 Å². The van der Waals surface area contributed by atoms with E-state index in [1.54, 1.807) is 11.3 Å². The van der Waals surface area contributed by atoms with Crippen molar-refractivity contribution in [2.45, 2.75) is 6.61 Å². The summed E-state index contributed by atoms with van der Waals surface area (Å²) in [4.78, 5) is 1.24. The standard InChI is InChI=1S/C9H13NOS/c1-8(5-10)6-11-7-9-3-2-4-12-9/h2-4H,1,5-7,10H2. The lowest BCUT2D eigenvalue weighted by atomic mass is 10.3. The zero-order valence-corrected chi connectivity index (χ0v) is 7.77. The highest BCUT2D eigenvalue weighted by molar-refractivity contribution is 7.09. The summed E-state index contributed by atoms with van der Waals surface area (Å²) < 4.78 is 5.36. The molecule has 0 radical (unpaired) electrons. The predicted molar refractivity (Wildman–Crippen MR) is 52.2 cm³/mol. The van der Waals surface area contributed by atoms with E-state index >= 15 is 0 Å². The molecule has 0 spiro atoms. The predicted octanol–water partition coefficient (Wildman–Crippen LogP) is 1.78. The summed E-state index contributed by atoms with van der Waals surface area (Å²) in [7, 11) is 0. The van der Waals surface area contributed by atoms with Crippen molar-refractivity contribution in [1.82, 2.24) is 0 Å². The van der Waals surface area contributed by atoms with Crippen LogP contribution >= 0.6 is 11.3 Å². The second-order valence-electron chi connectivity index (χ2n) is 2.53. The average Bonchev–Trinajstić information content (AvgIpc) is 2.57. The van der Waals surface area contributed by atoms with Crippen molar-refractivity contribution in [2.24, 2.45) is 5.73 Å². The first-order valence-corrected chi connectivity index (χ1v) is 4.67. The zero-order valence-electron chi connectivity index (χ0n) is 6.95. The molecule has 1 aromatic heterocycles. The molecule has 66 valence electrons. The highest BCUT2D eigenvalue weighted by atomic mass is 32.1. The van der Waals surface area contributed by atoms with E-state index in [9.17, 15) is 0 Å². The molecule has 1 heterocycles. The molecule has 0 aromatic carbocycles. The number of rotatable bonds is 5. The second kappa shape index (κ2) is 5.09. The van der Waals surface area contributed by atoms with E-state index in [4.69, 9.17) is 10.5 Å². The molecule has 2 nitrogen and oxygen atoms in total. The quantitative estimate of drug-likeness (QED) is 0.706. The fourth-order valence-corrected chi connectivity index (χ4v) is 1.39. The van der Waals surface area contributed by atoms with Crippen molar-refractivity contribution >= 4 is 11.3 Å². The SMILES string of the molecule is C=C(CN)COCc1cccs1. The van der Waals surface area contributed by atoms with Crippen LogP contribution in [0.1, 0.15) is 4.88 Å². The van der Waals surface area contributed by atoms with Crippen molar-refractivity contribution in [1.29, 1.82) is 0 Å². The van der Waals surface area contributed by atoms with E-state index < -0.39 is 0 Å². The largest absolute Gasteiger partial charge is 0.372 e. The Morgan fingerprint density at radius 1 is 1.67 bits per heavy atom. The number of thiophene rings is 1. The molecule has 0 saturated carbocycles. The maximum Gasteiger partial charge on any atom is 0.0813 e. The minimum absolute atomic E-state index is 0.504. The van der Waals surface area contributed by atoms with E-state index in [1.165, 1.54) is 4.88 Å². The van der Waals surface area contributed by atoms with Gasteiger partial charge in [0.2, 0.25) is 0 Å². The summed E-state index contributed by atoms with van der Waals surface area (Å²) in [6.07, 6.45) is 0. The molecule has 12 heavy (non-hydrogen) atoms. The smallest absolute Gasteiger partial charge is 0.0813 e. The van der Waals surface area contributed by atoms with Gasteiger partial charge >= 0.3 is 0 Å². The van der Waals surface area contributed by atoms with Crippen LogP contribution in [0.15, 0.2) is 29.7 Å². The van der Waals surface area contributed by atoms with Crippen LogP contribution in [0, 0.1) is 0 Å². The molecule has 0 aliphatic rings. The van der Waals surface area contributed by atoms with Gasteiger partial charge in [-0.25, -0.2) is 0 Å². The highest BCUT2D eigenvalue weighted by Crippen LogP contribution is 2.09. The van der Waals surface area contributed by atoms with Gasteiger partial charge in [0.25, 0.3) is 0 Å². The molecular weight excluding hydrogens is 170 g/mol. The monoisotopic (exact) mass is 183 g/mol. The summed E-state index contributed by atoms with van der Waals surface area (Å²) in [5.74, 6) is 0. The van der Waals surface area contributed by atoms with Gasteiger partial charge < -0.3 is 10.5 Å². The third-order valence-corrected chi connectivity index (χ3v) is 2.27. The fourth-order valence-electron chi connectivity index (χ4n) is 0.750. The third-order valence-electron chi connectivity index (χ3n) is 1.42. The molecule has 0 bridgehead atoms. The molecule has 0 aliphatic heterocycles. The van der Waals surface area contributed by atoms with E-state index in [-0.39, 0.29) is 0 Å². The Balaban J connectivity index is 2.15. The molecule has 0 fully saturated rings. The van der Waals surface area contributed by atoms with Gasteiger partial charge in [-0.05, 0) is 17.0 Å². The Bertz CT molecular complexity index is 231. The first-order chi connectivity index (χ1) is 5.83. The third kappa shape index (κ3) is 3.17. The Morgan fingerprint density at radius 3 is 3.08 bits per heavy atom. The average molecular weight is 183 g/mol. The fraction of sp³-hybridized carbons (Fsp3) is 0.333. The Kier molecular flexibility index (Phi) is 4.00. The van der Waals surface area contributed by atoms with E-state index in [0.29, 0.717) is 19.8 Å². The summed E-state index contributed by atoms with van der Waals surface area (Å²) in [5.41, 5.74) is 6.29. The molecule has 0 amide bonds. The van der Waals surface area contributed by atoms with Crippen molar-refractivity contribution < 1.29 is 4.74 Å². The van der Waals surface area contributed by atoms with Gasteiger partial charge in [-0.2, -0.15) is 0 Å². The second-order valence-corrected chi connectivity index (χ2v) is 3.56. The minimum atomic E-state index is 0.504. The highest BCUT2D eigenvalue weighted by Gasteiger charge is 1.94. The Hall–Kier alpha value is -0.640. The molecule has 0 saturated heterocycles. The van der Waals surface area contributed by atoms with Gasteiger partial charge in [0.05, 0.1) is 13.2 Å². The Labute approximate surface area is 76.7 Å². The number of hydrogen-bond acceptors (Lipinski definition) is 3. The lowest BCUT2D eigenvalue weighted by molar-refractivity contribution is 0.144. The first kappa shape index (κ1) is 9.45. The summed E-state index contributed by atoms with van der Waals surface area (Å²) in [5, 5.41) is 2.04. The van der Waals surface area contributed by atoms with Crippen LogP contribution < -0.4 is 5.73 Å². The molecule has 0 atom stereocenters. The first-order valence-electron chi connectivity index (χ1n) is 3.79. The molecule has 0 unspecified atom stereocenters. The molecule has 1 rings (SSSR count). The molecule has 2 N–H and O–H groups in total. The van der Waals surface area contributed by atoms with Crippen LogP contribution in [0.2, 0.25) is 0 Å². The lowest BCUT2D eigenvalue weighted by Crippen LogP contribution is -2.07. The van der Waals surface area contributed by atoms with Gasteiger partial charge in [-0.15, -0.1) is 11.3 Å². The molecule has 0 aliphatic carbocycles. The summed E-state index contributed by atoms with van der Waals surface area (Å²) in [6.45, 7) is 5.48. The van der Waals surface area contributed by atoms with Crippen LogP contribution in [0.5, 0.6) is 0 Å².